The summed E-state index contributed by atoms with van der Waals surface area (Å²) in [5, 5.41) is 9.44. The molecule has 0 atom stereocenters. The van der Waals surface area contributed by atoms with Crippen molar-refractivity contribution < 1.29 is 17.9 Å². The number of rotatable bonds is 4. The second-order valence-corrected chi connectivity index (χ2v) is 7.09. The molecule has 0 heterocycles. The predicted molar refractivity (Wildman–Crippen MR) is 82.3 cm³/mol. The Bertz CT molecular complexity index is 783. The lowest BCUT2D eigenvalue weighted by molar-refractivity contribution is 0.275. The number of hydrogen-bond acceptors (Lipinski definition) is 3. The van der Waals surface area contributed by atoms with Gasteiger partial charge in [-0.05, 0) is 52.3 Å². The molecule has 0 aliphatic rings. The summed E-state index contributed by atoms with van der Waals surface area (Å²) in [6.07, 6.45) is 0. The highest BCUT2D eigenvalue weighted by molar-refractivity contribution is 9.10. The van der Waals surface area contributed by atoms with Gasteiger partial charge >= 0.3 is 0 Å². The Labute approximate surface area is 134 Å². The number of benzene rings is 2. The molecule has 0 aliphatic heterocycles. The summed E-state index contributed by atoms with van der Waals surface area (Å²) >= 11 is 9.03. The van der Waals surface area contributed by atoms with Crippen LogP contribution in [0.25, 0.3) is 0 Å². The molecule has 2 N–H and O–H groups in total. The number of aliphatic hydroxyl groups excluding tert-OH is 1. The van der Waals surface area contributed by atoms with Gasteiger partial charge in [0, 0.05) is 10.0 Å². The molecular formula is C13H10BrClFNO3S. The van der Waals surface area contributed by atoms with Crippen molar-refractivity contribution in [2.24, 2.45) is 0 Å². The van der Waals surface area contributed by atoms with E-state index in [4.69, 9.17) is 16.7 Å². The molecule has 0 bridgehead atoms. The summed E-state index contributed by atoms with van der Waals surface area (Å²) in [4.78, 5) is -0.140. The molecule has 0 saturated carbocycles. The van der Waals surface area contributed by atoms with Crippen LogP contribution in [0.3, 0.4) is 0 Å². The Balaban J connectivity index is 2.35. The van der Waals surface area contributed by atoms with Crippen molar-refractivity contribution in [1.82, 2.24) is 0 Å². The molecule has 2 rings (SSSR count). The number of anilines is 1. The van der Waals surface area contributed by atoms with Crippen LogP contribution in [-0.2, 0) is 16.6 Å². The lowest BCUT2D eigenvalue weighted by Gasteiger charge is -2.10. The fourth-order valence-corrected chi connectivity index (χ4v) is 3.21. The summed E-state index contributed by atoms with van der Waals surface area (Å²) in [7, 11) is -3.88. The van der Waals surface area contributed by atoms with Gasteiger partial charge in [-0.15, -0.1) is 0 Å². The Hall–Kier alpha value is -1.15. The molecule has 2 aromatic rings. The molecule has 21 heavy (non-hydrogen) atoms. The fraction of sp³-hybridized carbons (Fsp3) is 0.0769. The smallest absolute Gasteiger partial charge is 0.261 e. The SMILES string of the molecule is O=S(=O)(Nc1ccc(Cl)c(Br)c1)c1ccc(F)c(CO)c1. The second kappa shape index (κ2) is 6.31. The first kappa shape index (κ1) is 16.2. The van der Waals surface area contributed by atoms with Crippen molar-refractivity contribution in [2.45, 2.75) is 11.5 Å². The van der Waals surface area contributed by atoms with Crippen molar-refractivity contribution in [3.63, 3.8) is 0 Å². The molecule has 0 radical (unpaired) electrons. The highest BCUT2D eigenvalue weighted by atomic mass is 79.9. The summed E-state index contributed by atoms with van der Waals surface area (Å²) in [6.45, 7) is -0.582. The van der Waals surface area contributed by atoms with Crippen molar-refractivity contribution in [3.05, 3.63) is 57.3 Å². The van der Waals surface area contributed by atoms with Crippen LogP contribution < -0.4 is 4.72 Å². The van der Waals surface area contributed by atoms with Crippen molar-refractivity contribution >= 4 is 43.2 Å². The molecule has 0 aliphatic carbocycles. The van der Waals surface area contributed by atoms with Gasteiger partial charge in [-0.3, -0.25) is 4.72 Å². The molecule has 112 valence electrons. The van der Waals surface area contributed by atoms with Gasteiger partial charge in [0.05, 0.1) is 22.2 Å². The van der Waals surface area contributed by atoms with Crippen LogP contribution >= 0.6 is 27.5 Å². The maximum absolute atomic E-state index is 13.3. The second-order valence-electron chi connectivity index (χ2n) is 4.15. The molecular weight excluding hydrogens is 385 g/mol. The van der Waals surface area contributed by atoms with Crippen LogP contribution in [0.5, 0.6) is 0 Å². The number of sulfonamides is 1. The van der Waals surface area contributed by atoms with Gasteiger partial charge in [0.15, 0.2) is 0 Å². The van der Waals surface area contributed by atoms with E-state index in [9.17, 15) is 12.8 Å². The third-order valence-electron chi connectivity index (χ3n) is 2.67. The Morgan fingerprint density at radius 2 is 1.95 bits per heavy atom. The van der Waals surface area contributed by atoms with E-state index in [0.717, 1.165) is 18.2 Å². The normalized spacial score (nSPS) is 11.4. The minimum absolute atomic E-state index is 0.0878. The number of nitrogens with one attached hydrogen (secondary N) is 1. The van der Waals surface area contributed by atoms with Gasteiger partial charge in [0.1, 0.15) is 5.82 Å². The van der Waals surface area contributed by atoms with Gasteiger partial charge in [-0.1, -0.05) is 11.6 Å². The van der Waals surface area contributed by atoms with Crippen molar-refractivity contribution in [3.8, 4) is 0 Å². The zero-order chi connectivity index (χ0) is 15.6. The minimum Gasteiger partial charge on any atom is -0.392 e. The van der Waals surface area contributed by atoms with E-state index < -0.39 is 22.4 Å². The van der Waals surface area contributed by atoms with E-state index in [2.05, 4.69) is 20.7 Å². The molecule has 0 unspecified atom stereocenters. The topological polar surface area (TPSA) is 66.4 Å². The maximum atomic E-state index is 13.3. The third-order valence-corrected chi connectivity index (χ3v) is 5.26. The molecule has 0 aromatic heterocycles. The first-order chi connectivity index (χ1) is 9.83. The molecule has 0 saturated heterocycles. The third kappa shape index (κ3) is 3.74. The van der Waals surface area contributed by atoms with E-state index in [1.807, 2.05) is 0 Å². The van der Waals surface area contributed by atoms with Gasteiger partial charge in [0.25, 0.3) is 10.0 Å². The fourth-order valence-electron chi connectivity index (χ4n) is 1.61. The Morgan fingerprint density at radius 3 is 2.57 bits per heavy atom. The van der Waals surface area contributed by atoms with Gasteiger partial charge in [0.2, 0.25) is 0 Å². The van der Waals surface area contributed by atoms with Crippen LogP contribution in [0.2, 0.25) is 5.02 Å². The van der Waals surface area contributed by atoms with Gasteiger partial charge in [-0.25, -0.2) is 12.8 Å². The monoisotopic (exact) mass is 393 g/mol. The summed E-state index contributed by atoms with van der Waals surface area (Å²) in [5.74, 6) is -0.661. The van der Waals surface area contributed by atoms with E-state index in [1.54, 1.807) is 0 Å². The highest BCUT2D eigenvalue weighted by Crippen LogP contribution is 2.27. The molecule has 0 amide bonds. The summed E-state index contributed by atoms with van der Waals surface area (Å²) in [5.41, 5.74) is 0.219. The van der Waals surface area contributed by atoms with E-state index in [0.29, 0.717) is 15.2 Å². The van der Waals surface area contributed by atoms with Crippen molar-refractivity contribution in [1.29, 1.82) is 0 Å². The minimum atomic E-state index is -3.88. The lowest BCUT2D eigenvalue weighted by Crippen LogP contribution is -2.13. The molecule has 2 aromatic carbocycles. The number of halogens is 3. The summed E-state index contributed by atoms with van der Waals surface area (Å²) in [6, 6.07) is 7.76. The first-order valence-electron chi connectivity index (χ1n) is 5.70. The number of hydrogen-bond donors (Lipinski definition) is 2. The molecule has 8 heteroatoms. The lowest BCUT2D eigenvalue weighted by atomic mass is 10.2. The van der Waals surface area contributed by atoms with Gasteiger partial charge in [-0.2, -0.15) is 0 Å². The zero-order valence-corrected chi connectivity index (χ0v) is 13.6. The van der Waals surface area contributed by atoms with Crippen LogP contribution in [0.15, 0.2) is 45.8 Å². The van der Waals surface area contributed by atoms with E-state index >= 15 is 0 Å². The maximum Gasteiger partial charge on any atom is 0.261 e. The van der Waals surface area contributed by atoms with Crippen LogP contribution in [0.4, 0.5) is 10.1 Å². The molecule has 0 spiro atoms. The van der Waals surface area contributed by atoms with Crippen LogP contribution in [0, 0.1) is 5.82 Å². The first-order valence-corrected chi connectivity index (χ1v) is 8.36. The predicted octanol–water partition coefficient (Wildman–Crippen LogP) is 3.53. The molecule has 4 nitrogen and oxygen atoms in total. The average molecular weight is 395 g/mol. The van der Waals surface area contributed by atoms with Crippen LogP contribution in [-0.4, -0.2) is 13.5 Å². The van der Waals surface area contributed by atoms with E-state index in [1.165, 1.54) is 18.2 Å². The average Bonchev–Trinajstić information content (AvgIpc) is 2.43. The Morgan fingerprint density at radius 1 is 1.24 bits per heavy atom. The van der Waals surface area contributed by atoms with Gasteiger partial charge < -0.3 is 5.11 Å². The van der Waals surface area contributed by atoms with Crippen LogP contribution in [0.1, 0.15) is 5.56 Å². The standard InChI is InChI=1S/C13H10BrClFNO3S/c14-11-6-9(1-3-12(11)15)17-21(19,20)10-2-4-13(16)8(5-10)7-18/h1-6,17-18H,7H2. The van der Waals surface area contributed by atoms with E-state index in [-0.39, 0.29) is 10.5 Å². The van der Waals surface area contributed by atoms with Crippen molar-refractivity contribution in [2.75, 3.05) is 4.72 Å². The largest absolute Gasteiger partial charge is 0.392 e. The number of aliphatic hydroxyl groups is 1. The Kier molecular flexibility index (Phi) is 4.88. The molecule has 0 fully saturated rings. The summed E-state index contributed by atoms with van der Waals surface area (Å²) < 4.78 is 40.6. The quantitative estimate of drug-likeness (QED) is 0.833. The highest BCUT2D eigenvalue weighted by Gasteiger charge is 2.16. The zero-order valence-electron chi connectivity index (χ0n) is 10.5.